The van der Waals surface area contributed by atoms with E-state index < -0.39 is 6.10 Å². The third-order valence-electron chi connectivity index (χ3n) is 4.25. The first-order valence-electron chi connectivity index (χ1n) is 7.18. The van der Waals surface area contributed by atoms with Crippen LogP contribution in [-0.2, 0) is 9.53 Å². The van der Waals surface area contributed by atoms with Crippen LogP contribution in [0.1, 0.15) is 31.4 Å². The van der Waals surface area contributed by atoms with Gasteiger partial charge in [0.25, 0.3) is 0 Å². The zero-order valence-electron chi connectivity index (χ0n) is 12.2. The van der Waals surface area contributed by atoms with Crippen molar-refractivity contribution in [1.29, 1.82) is 0 Å². The number of hydrogen-bond donors (Lipinski definition) is 1. The number of carbonyl (C=O) groups excluding carboxylic acids is 1. The van der Waals surface area contributed by atoms with Gasteiger partial charge in [0.1, 0.15) is 6.04 Å². The summed E-state index contributed by atoms with van der Waals surface area (Å²) in [5.74, 6) is 0.0746. The summed E-state index contributed by atoms with van der Waals surface area (Å²) in [4.78, 5) is 13.7. The van der Waals surface area contributed by atoms with Crippen LogP contribution in [0.2, 0.25) is 0 Å². The van der Waals surface area contributed by atoms with Crippen molar-refractivity contribution in [2.24, 2.45) is 5.92 Å². The topological polar surface area (TPSA) is 49.8 Å². The maximum absolute atomic E-state index is 11.5. The summed E-state index contributed by atoms with van der Waals surface area (Å²) in [5, 5.41) is 10.4. The molecule has 1 heterocycles. The van der Waals surface area contributed by atoms with E-state index in [1.807, 2.05) is 37.3 Å². The van der Waals surface area contributed by atoms with Gasteiger partial charge in [-0.15, -0.1) is 0 Å². The van der Waals surface area contributed by atoms with Crippen molar-refractivity contribution in [3.8, 4) is 0 Å². The van der Waals surface area contributed by atoms with Crippen LogP contribution < -0.4 is 0 Å². The zero-order chi connectivity index (χ0) is 14.5. The summed E-state index contributed by atoms with van der Waals surface area (Å²) in [6, 6.07) is 9.59. The lowest BCUT2D eigenvalue weighted by Gasteiger charge is -2.36. The van der Waals surface area contributed by atoms with Gasteiger partial charge in [-0.1, -0.05) is 30.3 Å². The van der Waals surface area contributed by atoms with Crippen molar-refractivity contribution < 1.29 is 14.6 Å². The van der Waals surface area contributed by atoms with Gasteiger partial charge in [0.05, 0.1) is 13.2 Å². The maximum atomic E-state index is 11.5. The Morgan fingerprint density at radius 1 is 1.30 bits per heavy atom. The SMILES string of the molecule is COC(=O)[C@@H](C)N1CCC([C@@H](O)c2ccccc2)CC1. The number of nitrogens with zero attached hydrogens (tertiary/aromatic N) is 1. The molecule has 1 N–H and O–H groups in total. The van der Waals surface area contributed by atoms with Crippen LogP contribution in [0.15, 0.2) is 30.3 Å². The van der Waals surface area contributed by atoms with Crippen LogP contribution in [0.4, 0.5) is 0 Å². The highest BCUT2D eigenvalue weighted by molar-refractivity contribution is 5.75. The highest BCUT2D eigenvalue weighted by atomic mass is 16.5. The smallest absolute Gasteiger partial charge is 0.322 e. The molecular formula is C16H23NO3. The first kappa shape index (κ1) is 15.0. The van der Waals surface area contributed by atoms with E-state index in [4.69, 9.17) is 4.74 Å². The Hall–Kier alpha value is -1.39. The van der Waals surface area contributed by atoms with Gasteiger partial charge in [0.2, 0.25) is 0 Å². The second-order valence-corrected chi connectivity index (χ2v) is 5.43. The minimum atomic E-state index is -0.410. The number of hydrogen-bond acceptors (Lipinski definition) is 4. The summed E-state index contributed by atoms with van der Waals surface area (Å²) in [7, 11) is 1.42. The molecule has 110 valence electrons. The predicted octanol–water partition coefficient (Wildman–Crippen LogP) is 1.99. The number of esters is 1. The summed E-state index contributed by atoms with van der Waals surface area (Å²) in [6.45, 7) is 3.52. The van der Waals surface area contributed by atoms with E-state index in [2.05, 4.69) is 4.90 Å². The molecule has 1 aliphatic rings. The molecule has 1 aliphatic heterocycles. The fraction of sp³-hybridized carbons (Fsp3) is 0.562. The molecule has 1 fully saturated rings. The number of carbonyl (C=O) groups is 1. The molecule has 0 aromatic heterocycles. The van der Waals surface area contributed by atoms with Crippen molar-refractivity contribution in [1.82, 2.24) is 4.90 Å². The Labute approximate surface area is 120 Å². The van der Waals surface area contributed by atoms with E-state index in [9.17, 15) is 9.90 Å². The van der Waals surface area contributed by atoms with Gasteiger partial charge in [-0.25, -0.2) is 0 Å². The van der Waals surface area contributed by atoms with Gasteiger partial charge in [0.15, 0.2) is 0 Å². The lowest BCUT2D eigenvalue weighted by atomic mass is 9.87. The highest BCUT2D eigenvalue weighted by Gasteiger charge is 2.30. The molecule has 0 spiro atoms. The molecule has 2 atom stereocenters. The van der Waals surface area contributed by atoms with Crippen molar-refractivity contribution >= 4 is 5.97 Å². The minimum absolute atomic E-state index is 0.188. The summed E-state index contributed by atoms with van der Waals surface area (Å²) in [5.41, 5.74) is 0.979. The Bertz CT molecular complexity index is 427. The Balaban J connectivity index is 1.90. The van der Waals surface area contributed by atoms with Gasteiger partial charge in [-0.3, -0.25) is 9.69 Å². The molecule has 1 aromatic rings. The Morgan fingerprint density at radius 3 is 2.45 bits per heavy atom. The number of aliphatic hydroxyl groups excluding tert-OH is 1. The normalized spacial score (nSPS) is 20.4. The average molecular weight is 277 g/mol. The quantitative estimate of drug-likeness (QED) is 0.855. The standard InChI is InChI=1S/C16H23NO3/c1-12(16(19)20-2)17-10-8-14(9-11-17)15(18)13-6-4-3-5-7-13/h3-7,12,14-15,18H,8-11H2,1-2H3/t12-,15+/m1/s1. The lowest BCUT2D eigenvalue weighted by molar-refractivity contribution is -0.147. The largest absolute Gasteiger partial charge is 0.468 e. The molecule has 0 saturated carbocycles. The van der Waals surface area contributed by atoms with Crippen LogP contribution in [0.3, 0.4) is 0 Å². The van der Waals surface area contributed by atoms with E-state index >= 15 is 0 Å². The van der Waals surface area contributed by atoms with Gasteiger partial charge in [-0.2, -0.15) is 0 Å². The van der Waals surface area contributed by atoms with Gasteiger partial charge in [-0.05, 0) is 44.3 Å². The molecule has 0 amide bonds. The second-order valence-electron chi connectivity index (χ2n) is 5.43. The number of likely N-dealkylation sites (tertiary alicyclic amines) is 1. The van der Waals surface area contributed by atoms with E-state index in [0.29, 0.717) is 0 Å². The molecule has 1 aromatic carbocycles. The molecule has 1 saturated heterocycles. The van der Waals surface area contributed by atoms with E-state index in [1.165, 1.54) is 7.11 Å². The lowest BCUT2D eigenvalue weighted by Crippen LogP contribution is -2.45. The fourth-order valence-corrected chi connectivity index (χ4v) is 2.86. The van der Waals surface area contributed by atoms with Crippen LogP contribution >= 0.6 is 0 Å². The monoisotopic (exact) mass is 277 g/mol. The second kappa shape index (κ2) is 6.86. The Kier molecular flexibility index (Phi) is 5.15. The molecule has 4 heteroatoms. The molecule has 0 unspecified atom stereocenters. The van der Waals surface area contributed by atoms with Crippen LogP contribution in [0, 0.1) is 5.92 Å². The highest BCUT2D eigenvalue weighted by Crippen LogP contribution is 2.31. The van der Waals surface area contributed by atoms with Crippen molar-refractivity contribution in [3.63, 3.8) is 0 Å². The molecule has 0 aliphatic carbocycles. The summed E-state index contributed by atoms with van der Waals surface area (Å²) < 4.78 is 4.78. The molecular weight excluding hydrogens is 254 g/mol. The third kappa shape index (κ3) is 3.38. The molecule has 0 bridgehead atoms. The van der Waals surface area contributed by atoms with Crippen molar-refractivity contribution in [3.05, 3.63) is 35.9 Å². The number of methoxy groups -OCH3 is 1. The predicted molar refractivity (Wildman–Crippen MR) is 77.2 cm³/mol. The number of rotatable bonds is 4. The molecule has 2 rings (SSSR count). The van der Waals surface area contributed by atoms with Crippen LogP contribution in [0.5, 0.6) is 0 Å². The first-order valence-corrected chi connectivity index (χ1v) is 7.18. The van der Waals surface area contributed by atoms with E-state index in [1.54, 1.807) is 0 Å². The number of ether oxygens (including phenoxy) is 1. The van der Waals surface area contributed by atoms with E-state index in [-0.39, 0.29) is 17.9 Å². The molecule has 4 nitrogen and oxygen atoms in total. The number of piperidine rings is 1. The molecule has 0 radical (unpaired) electrons. The minimum Gasteiger partial charge on any atom is -0.468 e. The summed E-state index contributed by atoms with van der Waals surface area (Å²) >= 11 is 0. The average Bonchev–Trinajstić information content (AvgIpc) is 2.53. The third-order valence-corrected chi connectivity index (χ3v) is 4.25. The summed E-state index contributed by atoms with van der Waals surface area (Å²) in [6.07, 6.45) is 1.39. The first-order chi connectivity index (χ1) is 9.63. The van der Waals surface area contributed by atoms with Crippen molar-refractivity contribution in [2.45, 2.75) is 31.9 Å². The van der Waals surface area contributed by atoms with E-state index in [0.717, 1.165) is 31.5 Å². The van der Waals surface area contributed by atoms with Crippen molar-refractivity contribution in [2.75, 3.05) is 20.2 Å². The van der Waals surface area contributed by atoms with Crippen LogP contribution in [0.25, 0.3) is 0 Å². The van der Waals surface area contributed by atoms with Crippen LogP contribution in [-0.4, -0.2) is 42.2 Å². The molecule has 20 heavy (non-hydrogen) atoms. The number of aliphatic hydroxyl groups is 1. The number of benzene rings is 1. The van der Waals surface area contributed by atoms with Gasteiger partial charge < -0.3 is 9.84 Å². The van der Waals surface area contributed by atoms with Gasteiger partial charge >= 0.3 is 5.97 Å². The zero-order valence-corrected chi connectivity index (χ0v) is 12.2. The Morgan fingerprint density at radius 2 is 1.90 bits per heavy atom. The maximum Gasteiger partial charge on any atom is 0.322 e. The fourth-order valence-electron chi connectivity index (χ4n) is 2.86. The van der Waals surface area contributed by atoms with Gasteiger partial charge in [0, 0.05) is 0 Å².